The van der Waals surface area contributed by atoms with Gasteiger partial charge in [0.15, 0.2) is 5.13 Å². The monoisotopic (exact) mass is 298 g/mol. The van der Waals surface area contributed by atoms with Gasteiger partial charge in [0.1, 0.15) is 5.41 Å². The molecule has 1 aliphatic heterocycles. The summed E-state index contributed by atoms with van der Waals surface area (Å²) in [6.45, 7) is 8.42. The van der Waals surface area contributed by atoms with Gasteiger partial charge in [-0.15, -0.1) is 11.3 Å². The van der Waals surface area contributed by atoms with Gasteiger partial charge in [0.2, 0.25) is 0 Å². The molecule has 2 rings (SSSR count). The fourth-order valence-corrected chi connectivity index (χ4v) is 2.92. The summed E-state index contributed by atoms with van der Waals surface area (Å²) < 4.78 is 10.4. The summed E-state index contributed by atoms with van der Waals surface area (Å²) >= 11 is 1.52. The fraction of sp³-hybridized carbons (Fsp3) is 0.714. The number of carbonyl (C=O) groups is 1. The van der Waals surface area contributed by atoms with E-state index in [1.807, 2.05) is 26.2 Å². The summed E-state index contributed by atoms with van der Waals surface area (Å²) in [5, 5.41) is 6.10. The average molecular weight is 298 g/mol. The van der Waals surface area contributed by atoms with Crippen LogP contribution in [0.5, 0.6) is 0 Å². The van der Waals surface area contributed by atoms with Crippen molar-refractivity contribution in [3.63, 3.8) is 0 Å². The summed E-state index contributed by atoms with van der Waals surface area (Å²) in [5.41, 5.74) is 0.0502. The summed E-state index contributed by atoms with van der Waals surface area (Å²) in [7, 11) is 0. The Bertz CT molecular complexity index is 453. The van der Waals surface area contributed by atoms with Gasteiger partial charge in [-0.3, -0.25) is 4.79 Å². The second-order valence-electron chi connectivity index (χ2n) is 5.49. The Kier molecular flexibility index (Phi) is 4.99. The number of esters is 1. The number of thiazole rings is 1. The quantitative estimate of drug-likeness (QED) is 0.817. The topological polar surface area (TPSA) is 60.5 Å². The van der Waals surface area contributed by atoms with Crippen LogP contribution >= 0.6 is 11.3 Å². The average Bonchev–Trinajstić information content (AvgIpc) is 3.08. The molecule has 1 aromatic rings. The molecule has 1 fully saturated rings. The van der Waals surface area contributed by atoms with Gasteiger partial charge >= 0.3 is 5.97 Å². The lowest BCUT2D eigenvalue weighted by atomic mass is 9.90. The van der Waals surface area contributed by atoms with Crippen LogP contribution in [0.25, 0.3) is 0 Å². The number of anilines is 1. The van der Waals surface area contributed by atoms with E-state index in [1.54, 1.807) is 0 Å². The molecule has 0 bridgehead atoms. The number of nitrogens with zero attached hydrogens (tertiary/aromatic N) is 1. The predicted octanol–water partition coefficient (Wildman–Crippen LogP) is 2.43. The standard InChI is InChI=1S/C14H22N2O3S/c1-4-19-12(17)14(2,3)11-9-20-13(16-11)15-7-10-5-6-18-8-10/h9-10H,4-8H2,1-3H3,(H,15,16). The Labute approximate surface area is 123 Å². The third kappa shape index (κ3) is 3.49. The highest BCUT2D eigenvalue weighted by Gasteiger charge is 2.34. The predicted molar refractivity (Wildman–Crippen MR) is 79.2 cm³/mol. The molecule has 1 unspecified atom stereocenters. The highest BCUT2D eigenvalue weighted by atomic mass is 32.1. The maximum atomic E-state index is 11.9. The molecule has 0 saturated carbocycles. The molecule has 5 nitrogen and oxygen atoms in total. The van der Waals surface area contributed by atoms with E-state index in [1.165, 1.54) is 11.3 Å². The van der Waals surface area contributed by atoms with Crippen molar-refractivity contribution in [2.24, 2.45) is 5.92 Å². The number of ether oxygens (including phenoxy) is 2. The van der Waals surface area contributed by atoms with Crippen molar-refractivity contribution < 1.29 is 14.3 Å². The van der Waals surface area contributed by atoms with E-state index in [4.69, 9.17) is 9.47 Å². The first kappa shape index (κ1) is 15.3. The van der Waals surface area contributed by atoms with Crippen LogP contribution < -0.4 is 5.32 Å². The molecule has 1 saturated heterocycles. The second kappa shape index (κ2) is 6.54. The Morgan fingerprint density at radius 1 is 1.65 bits per heavy atom. The van der Waals surface area contributed by atoms with Crippen molar-refractivity contribution in [1.82, 2.24) is 4.98 Å². The fourth-order valence-electron chi connectivity index (χ4n) is 2.03. The molecular weight excluding hydrogens is 276 g/mol. The number of carbonyl (C=O) groups excluding carboxylic acids is 1. The van der Waals surface area contributed by atoms with Gasteiger partial charge < -0.3 is 14.8 Å². The molecule has 2 heterocycles. The summed E-state index contributed by atoms with van der Waals surface area (Å²) in [6, 6.07) is 0. The van der Waals surface area contributed by atoms with Crippen LogP contribution in [0.4, 0.5) is 5.13 Å². The maximum absolute atomic E-state index is 11.9. The first-order valence-electron chi connectivity index (χ1n) is 6.99. The zero-order valence-electron chi connectivity index (χ0n) is 12.3. The summed E-state index contributed by atoms with van der Waals surface area (Å²) in [6.07, 6.45) is 1.10. The molecule has 0 aromatic carbocycles. The van der Waals surface area contributed by atoms with Crippen molar-refractivity contribution in [2.45, 2.75) is 32.6 Å². The summed E-state index contributed by atoms with van der Waals surface area (Å²) in [5.74, 6) is 0.321. The third-order valence-corrected chi connectivity index (χ3v) is 4.30. The Balaban J connectivity index is 1.95. The van der Waals surface area contributed by atoms with Crippen LogP contribution in [0.1, 0.15) is 32.9 Å². The normalized spacial score (nSPS) is 19.1. The second-order valence-corrected chi connectivity index (χ2v) is 6.35. The molecule has 112 valence electrons. The van der Waals surface area contributed by atoms with Crippen molar-refractivity contribution >= 4 is 22.4 Å². The van der Waals surface area contributed by atoms with Crippen LogP contribution in [0.2, 0.25) is 0 Å². The van der Waals surface area contributed by atoms with Crippen molar-refractivity contribution in [3.8, 4) is 0 Å². The van der Waals surface area contributed by atoms with E-state index in [-0.39, 0.29) is 5.97 Å². The molecule has 1 aromatic heterocycles. The highest BCUT2D eigenvalue weighted by Crippen LogP contribution is 2.28. The van der Waals surface area contributed by atoms with E-state index >= 15 is 0 Å². The lowest BCUT2D eigenvalue weighted by Gasteiger charge is -2.19. The molecule has 20 heavy (non-hydrogen) atoms. The molecule has 0 radical (unpaired) electrons. The highest BCUT2D eigenvalue weighted by molar-refractivity contribution is 7.13. The number of nitrogens with one attached hydrogen (secondary N) is 1. The molecule has 0 aliphatic carbocycles. The molecule has 6 heteroatoms. The van der Waals surface area contributed by atoms with Gasteiger partial charge in [0, 0.05) is 24.4 Å². The first-order chi connectivity index (χ1) is 9.54. The van der Waals surface area contributed by atoms with E-state index in [0.717, 1.165) is 37.0 Å². The molecule has 0 amide bonds. The zero-order valence-corrected chi connectivity index (χ0v) is 13.1. The zero-order chi connectivity index (χ0) is 14.6. The number of aromatic nitrogens is 1. The van der Waals surface area contributed by atoms with E-state index < -0.39 is 5.41 Å². The van der Waals surface area contributed by atoms with Crippen LogP contribution in [-0.4, -0.2) is 37.3 Å². The minimum absolute atomic E-state index is 0.235. The molecule has 0 spiro atoms. The number of rotatable bonds is 6. The lowest BCUT2D eigenvalue weighted by Crippen LogP contribution is -2.31. The SMILES string of the molecule is CCOC(=O)C(C)(C)c1csc(NCC2CCOC2)n1. The smallest absolute Gasteiger partial charge is 0.317 e. The van der Waals surface area contributed by atoms with Crippen molar-refractivity contribution in [2.75, 3.05) is 31.7 Å². The molecule has 1 aliphatic rings. The lowest BCUT2D eigenvalue weighted by molar-refractivity contribution is -0.148. The Hall–Kier alpha value is -1.14. The van der Waals surface area contributed by atoms with E-state index in [2.05, 4.69) is 10.3 Å². The Morgan fingerprint density at radius 2 is 2.45 bits per heavy atom. The van der Waals surface area contributed by atoms with Gasteiger partial charge in [-0.05, 0) is 27.2 Å². The van der Waals surface area contributed by atoms with Gasteiger partial charge in [-0.2, -0.15) is 0 Å². The van der Waals surface area contributed by atoms with Crippen LogP contribution in [0, 0.1) is 5.92 Å². The molecular formula is C14H22N2O3S. The van der Waals surface area contributed by atoms with Gasteiger partial charge in [0.25, 0.3) is 0 Å². The van der Waals surface area contributed by atoms with Crippen LogP contribution in [0.15, 0.2) is 5.38 Å². The van der Waals surface area contributed by atoms with Crippen LogP contribution in [0.3, 0.4) is 0 Å². The molecule has 1 N–H and O–H groups in total. The Morgan fingerprint density at radius 3 is 3.10 bits per heavy atom. The number of hydrogen-bond donors (Lipinski definition) is 1. The number of hydrogen-bond acceptors (Lipinski definition) is 6. The first-order valence-corrected chi connectivity index (χ1v) is 7.87. The van der Waals surface area contributed by atoms with Crippen molar-refractivity contribution in [1.29, 1.82) is 0 Å². The van der Waals surface area contributed by atoms with Gasteiger partial charge in [-0.1, -0.05) is 0 Å². The summed E-state index contributed by atoms with van der Waals surface area (Å²) in [4.78, 5) is 16.5. The van der Waals surface area contributed by atoms with Gasteiger partial charge in [-0.25, -0.2) is 4.98 Å². The van der Waals surface area contributed by atoms with E-state index in [0.29, 0.717) is 12.5 Å². The minimum atomic E-state index is -0.705. The molecule has 1 atom stereocenters. The largest absolute Gasteiger partial charge is 0.465 e. The maximum Gasteiger partial charge on any atom is 0.317 e. The minimum Gasteiger partial charge on any atom is -0.465 e. The van der Waals surface area contributed by atoms with Gasteiger partial charge in [0.05, 0.1) is 18.9 Å². The van der Waals surface area contributed by atoms with E-state index in [9.17, 15) is 4.79 Å². The van der Waals surface area contributed by atoms with Crippen LogP contribution in [-0.2, 0) is 19.7 Å². The third-order valence-electron chi connectivity index (χ3n) is 3.50. The van der Waals surface area contributed by atoms with Crippen molar-refractivity contribution in [3.05, 3.63) is 11.1 Å².